The maximum atomic E-state index is 5.52. The molecule has 1 aliphatic rings. The Kier molecular flexibility index (Phi) is 4.30. The molecule has 0 atom stereocenters. The zero-order chi connectivity index (χ0) is 16.5. The summed E-state index contributed by atoms with van der Waals surface area (Å²) in [6.07, 6.45) is 0.978. The van der Waals surface area contributed by atoms with Gasteiger partial charge in [-0.2, -0.15) is 0 Å². The molecule has 0 saturated carbocycles. The lowest BCUT2D eigenvalue weighted by atomic mass is 10.1. The van der Waals surface area contributed by atoms with Crippen LogP contribution in [0.15, 0.2) is 91.2 Å². The number of ether oxygens (including phenoxy) is 1. The number of benzene rings is 3. The molecule has 0 unspecified atom stereocenters. The highest BCUT2D eigenvalue weighted by atomic mass is 32.2. The Bertz CT molecular complexity index is 843. The lowest BCUT2D eigenvalue weighted by molar-refractivity contribution is 0.409. The van der Waals surface area contributed by atoms with Crippen molar-refractivity contribution in [2.75, 3.05) is 7.11 Å². The van der Waals surface area contributed by atoms with Gasteiger partial charge >= 0.3 is 0 Å². The number of aryl methyl sites for hydroxylation is 1. The van der Waals surface area contributed by atoms with Gasteiger partial charge in [-0.05, 0) is 48.4 Å². The number of methoxy groups -OCH3 is 1. The summed E-state index contributed by atoms with van der Waals surface area (Å²) < 4.78 is 5.52. The number of hydrogen-bond donors (Lipinski definition) is 0. The molecular weight excluding hydrogens is 332 g/mol. The van der Waals surface area contributed by atoms with Crippen molar-refractivity contribution in [2.45, 2.75) is 37.8 Å². The van der Waals surface area contributed by atoms with Crippen molar-refractivity contribution >= 4 is 22.7 Å². The van der Waals surface area contributed by atoms with Crippen molar-refractivity contribution in [1.82, 2.24) is 0 Å². The Morgan fingerprint density at radius 2 is 1.50 bits per heavy atom. The summed E-state index contributed by atoms with van der Waals surface area (Å²) in [6, 6.07) is 24.3. The molecule has 0 amide bonds. The van der Waals surface area contributed by atoms with Crippen molar-refractivity contribution in [2.24, 2.45) is 0 Å². The van der Waals surface area contributed by atoms with Gasteiger partial charge in [0.05, 0.1) is 16.9 Å². The minimum absolute atomic E-state index is 0.0564. The summed E-state index contributed by atoms with van der Waals surface area (Å²) in [5, 5.41) is 0. The fraction of sp³-hybridized carbons (Fsp3) is 0.143. The molecule has 0 aromatic heterocycles. The first-order valence-electron chi connectivity index (χ1n) is 8.09. The summed E-state index contributed by atoms with van der Waals surface area (Å²) in [5.74, 6) is 0.984. The lowest BCUT2D eigenvalue weighted by Gasteiger charge is -2.19. The molecule has 1 nitrogen and oxygen atoms in total. The van der Waals surface area contributed by atoms with Gasteiger partial charge in [0.25, 0.3) is 0 Å². The van der Waals surface area contributed by atoms with Crippen LogP contribution in [0.4, 0.5) is 0 Å². The molecule has 1 aliphatic heterocycles. The van der Waals surface area contributed by atoms with E-state index in [0.717, 1.165) is 12.2 Å². The summed E-state index contributed by atoms with van der Waals surface area (Å²) in [4.78, 5) is 6.96. The predicted octanol–water partition coefficient (Wildman–Crippen LogP) is 5.82. The van der Waals surface area contributed by atoms with E-state index in [0.29, 0.717) is 0 Å². The van der Waals surface area contributed by atoms with E-state index in [9.17, 15) is 0 Å². The first-order valence-corrected chi connectivity index (χ1v) is 10.1. The highest BCUT2D eigenvalue weighted by Gasteiger charge is 2.37. The highest BCUT2D eigenvalue weighted by Crippen LogP contribution is 2.48. The van der Waals surface area contributed by atoms with Gasteiger partial charge in [0.15, 0.2) is 14.7 Å². The lowest BCUT2D eigenvalue weighted by Crippen LogP contribution is -2.11. The summed E-state index contributed by atoms with van der Waals surface area (Å²) >= 11 is 1.88. The standard InChI is InChI=1S/C21H19OS2/c1-3-15-14-16(12-13-17(15)22-2)24-20-10-6-4-8-18(20)23-19-9-5-7-11-21(19)24/h4-14H,3H2,1-2H3/q+1. The third-order valence-corrected chi connectivity index (χ3v) is 7.95. The van der Waals surface area contributed by atoms with Crippen LogP contribution < -0.4 is 4.74 Å². The second kappa shape index (κ2) is 6.58. The second-order valence-corrected chi connectivity index (χ2v) is 8.68. The van der Waals surface area contributed by atoms with E-state index in [-0.39, 0.29) is 10.9 Å². The Morgan fingerprint density at radius 3 is 2.08 bits per heavy atom. The molecular formula is C21H19OS2+. The average molecular weight is 352 g/mol. The van der Waals surface area contributed by atoms with Crippen LogP contribution in [0.1, 0.15) is 12.5 Å². The van der Waals surface area contributed by atoms with Crippen molar-refractivity contribution in [1.29, 1.82) is 0 Å². The summed E-state index contributed by atoms with van der Waals surface area (Å²) in [6.45, 7) is 2.18. The monoisotopic (exact) mass is 351 g/mol. The van der Waals surface area contributed by atoms with Crippen LogP contribution >= 0.6 is 11.8 Å². The molecule has 0 fully saturated rings. The molecule has 1 heterocycles. The third kappa shape index (κ3) is 2.62. The topological polar surface area (TPSA) is 9.23 Å². The molecule has 24 heavy (non-hydrogen) atoms. The van der Waals surface area contributed by atoms with Crippen LogP contribution in [0.2, 0.25) is 0 Å². The molecule has 4 rings (SSSR count). The highest BCUT2D eigenvalue weighted by molar-refractivity contribution is 8.04. The van der Waals surface area contributed by atoms with E-state index >= 15 is 0 Å². The van der Waals surface area contributed by atoms with E-state index in [1.54, 1.807) is 7.11 Å². The van der Waals surface area contributed by atoms with E-state index in [4.69, 9.17) is 4.74 Å². The Hall–Kier alpha value is -1.84. The molecule has 0 aliphatic carbocycles. The smallest absolute Gasteiger partial charge is 0.180 e. The zero-order valence-corrected chi connectivity index (χ0v) is 15.4. The fourth-order valence-corrected chi connectivity index (χ4v) is 6.85. The first kappa shape index (κ1) is 15.7. The molecule has 0 N–H and O–H groups in total. The molecule has 0 spiro atoms. The Morgan fingerprint density at radius 1 is 0.875 bits per heavy atom. The molecule has 3 aromatic carbocycles. The Balaban J connectivity index is 1.92. The average Bonchev–Trinajstić information content (AvgIpc) is 2.65. The SMILES string of the molecule is CCc1cc([S+]2c3ccccc3Sc3ccccc32)ccc1OC. The molecule has 0 radical (unpaired) electrons. The first-order chi connectivity index (χ1) is 11.8. The van der Waals surface area contributed by atoms with Gasteiger partial charge in [0.1, 0.15) is 16.6 Å². The summed E-state index contributed by atoms with van der Waals surface area (Å²) in [5.41, 5.74) is 1.27. The van der Waals surface area contributed by atoms with Gasteiger partial charge in [-0.15, -0.1) is 0 Å². The van der Waals surface area contributed by atoms with Crippen LogP contribution in [0, 0.1) is 0 Å². The zero-order valence-electron chi connectivity index (χ0n) is 13.8. The third-order valence-electron chi connectivity index (χ3n) is 4.23. The minimum atomic E-state index is -0.0564. The van der Waals surface area contributed by atoms with Crippen LogP contribution in [-0.2, 0) is 17.3 Å². The second-order valence-electron chi connectivity index (χ2n) is 5.63. The van der Waals surface area contributed by atoms with Crippen molar-refractivity contribution in [3.8, 4) is 5.75 Å². The van der Waals surface area contributed by atoms with Crippen LogP contribution in [0.3, 0.4) is 0 Å². The van der Waals surface area contributed by atoms with Crippen LogP contribution in [0.25, 0.3) is 0 Å². The molecule has 3 aromatic rings. The van der Waals surface area contributed by atoms with Crippen molar-refractivity contribution in [3.05, 3.63) is 72.3 Å². The van der Waals surface area contributed by atoms with Gasteiger partial charge < -0.3 is 4.74 Å². The normalized spacial score (nSPS) is 13.2. The van der Waals surface area contributed by atoms with Gasteiger partial charge in [0.2, 0.25) is 0 Å². The Labute approximate surface area is 150 Å². The molecule has 0 bridgehead atoms. The van der Waals surface area contributed by atoms with E-state index in [2.05, 4.69) is 73.7 Å². The van der Waals surface area contributed by atoms with Crippen molar-refractivity contribution in [3.63, 3.8) is 0 Å². The maximum absolute atomic E-state index is 5.52. The number of hydrogen-bond acceptors (Lipinski definition) is 2. The van der Waals surface area contributed by atoms with Gasteiger partial charge in [0, 0.05) is 6.07 Å². The van der Waals surface area contributed by atoms with Gasteiger partial charge in [-0.1, -0.05) is 43.0 Å². The van der Waals surface area contributed by atoms with Crippen molar-refractivity contribution < 1.29 is 4.74 Å². The molecule has 0 saturated heterocycles. The maximum Gasteiger partial charge on any atom is 0.180 e. The quantitative estimate of drug-likeness (QED) is 0.430. The van der Waals surface area contributed by atoms with E-state index < -0.39 is 0 Å². The number of fused-ring (bicyclic) bond motifs is 2. The van der Waals surface area contributed by atoms with E-state index in [1.165, 1.54) is 30.0 Å². The van der Waals surface area contributed by atoms with E-state index in [1.807, 2.05) is 11.8 Å². The largest absolute Gasteiger partial charge is 0.496 e. The number of rotatable bonds is 3. The van der Waals surface area contributed by atoms with Crippen LogP contribution in [0.5, 0.6) is 5.75 Å². The van der Waals surface area contributed by atoms with Gasteiger partial charge in [-0.25, -0.2) is 0 Å². The molecule has 3 heteroatoms. The predicted molar refractivity (Wildman–Crippen MR) is 102 cm³/mol. The van der Waals surface area contributed by atoms with Gasteiger partial charge in [-0.3, -0.25) is 0 Å². The minimum Gasteiger partial charge on any atom is -0.496 e. The fourth-order valence-electron chi connectivity index (χ4n) is 3.06. The summed E-state index contributed by atoms with van der Waals surface area (Å²) in [7, 11) is 1.69. The van der Waals surface area contributed by atoms with Crippen LogP contribution in [-0.4, -0.2) is 7.11 Å². The molecule has 120 valence electrons.